The average Bonchev–Trinajstić information content (AvgIpc) is 3.65. The molecule has 1 spiro atoms. The lowest BCUT2D eigenvalue weighted by molar-refractivity contribution is -0.157. The molecule has 5 aromatic carbocycles. The van der Waals surface area contributed by atoms with Gasteiger partial charge < -0.3 is 28.4 Å². The van der Waals surface area contributed by atoms with E-state index in [2.05, 4.69) is 101 Å². The highest BCUT2D eigenvalue weighted by Crippen LogP contribution is 2.67. The van der Waals surface area contributed by atoms with Crippen LogP contribution in [0.5, 0.6) is 28.7 Å². The fourth-order valence-electron chi connectivity index (χ4n) is 10.3. The standard InChI is InChI=1S/C45H44O6/c1-42(2)24-43(3,4)26-44(25-42)35-11-9-8-10-31(35)38-33-22-36-37(50-41(48-7)49-36)23-34(33)40-32(39(38)44)20-21-45(51-40,27-12-16-29(46-5)17-13-27)28-14-18-30(47-6)19-15-28/h8-23,41H,24-26H2,1-7H3. The predicted octanol–water partition coefficient (Wildman–Crippen LogP) is 10.4. The van der Waals surface area contributed by atoms with Gasteiger partial charge in [0.15, 0.2) is 17.1 Å². The molecule has 51 heavy (non-hydrogen) atoms. The number of benzene rings is 5. The van der Waals surface area contributed by atoms with E-state index in [1.165, 1.54) is 22.3 Å². The number of hydrogen-bond acceptors (Lipinski definition) is 6. The third-order valence-electron chi connectivity index (χ3n) is 11.5. The molecule has 6 heteroatoms. The zero-order chi connectivity index (χ0) is 35.3. The smallest absolute Gasteiger partial charge is 0.360 e. The number of ether oxygens (including phenoxy) is 6. The molecule has 260 valence electrons. The van der Waals surface area contributed by atoms with E-state index >= 15 is 0 Å². The predicted molar refractivity (Wildman–Crippen MR) is 200 cm³/mol. The van der Waals surface area contributed by atoms with Crippen molar-refractivity contribution in [1.82, 2.24) is 0 Å². The molecule has 0 N–H and O–H groups in total. The summed E-state index contributed by atoms with van der Waals surface area (Å²) >= 11 is 0. The maximum Gasteiger partial charge on any atom is 0.360 e. The number of hydrogen-bond donors (Lipinski definition) is 0. The van der Waals surface area contributed by atoms with Gasteiger partial charge in [0.25, 0.3) is 0 Å². The first-order chi connectivity index (χ1) is 24.5. The average molecular weight is 681 g/mol. The number of fused-ring (bicyclic) bond motifs is 11. The third-order valence-corrected chi connectivity index (χ3v) is 11.5. The van der Waals surface area contributed by atoms with Crippen molar-refractivity contribution in [3.63, 3.8) is 0 Å². The Balaban J connectivity index is 1.38. The molecule has 0 aromatic heterocycles. The molecule has 5 aromatic rings. The van der Waals surface area contributed by atoms with Gasteiger partial charge in [-0.05, 0) is 100 Å². The molecular weight excluding hydrogens is 636 g/mol. The molecule has 9 rings (SSSR count). The summed E-state index contributed by atoms with van der Waals surface area (Å²) in [6, 6.07) is 29.6. The fraction of sp³-hybridized carbons (Fsp3) is 0.333. The van der Waals surface area contributed by atoms with Crippen LogP contribution in [0.25, 0.3) is 28.0 Å². The minimum Gasteiger partial charge on any atom is -0.497 e. The number of rotatable bonds is 5. The highest BCUT2D eigenvalue weighted by Gasteiger charge is 2.55. The van der Waals surface area contributed by atoms with Crippen LogP contribution in [0.15, 0.2) is 91.0 Å². The molecule has 0 radical (unpaired) electrons. The molecule has 4 aliphatic rings. The largest absolute Gasteiger partial charge is 0.497 e. The van der Waals surface area contributed by atoms with Crippen molar-refractivity contribution < 1.29 is 28.4 Å². The second-order valence-corrected chi connectivity index (χ2v) is 16.2. The van der Waals surface area contributed by atoms with Crippen LogP contribution in [-0.2, 0) is 15.8 Å². The minimum absolute atomic E-state index is 0.119. The molecule has 6 nitrogen and oxygen atoms in total. The van der Waals surface area contributed by atoms with Gasteiger partial charge in [0, 0.05) is 34.6 Å². The SMILES string of the molecule is COc1ccc(C2(c3ccc(OC)cc3)C=Cc3c4c(c5cc6c(cc5c3O2)OC(OC)O6)-c2ccccc2C42CC(C)(C)CC(C)(C)C2)cc1. The van der Waals surface area contributed by atoms with Crippen molar-refractivity contribution >= 4 is 16.8 Å². The van der Waals surface area contributed by atoms with Crippen molar-refractivity contribution in [3.8, 4) is 39.9 Å². The molecule has 1 saturated carbocycles. The molecule has 2 aliphatic heterocycles. The molecule has 2 aliphatic carbocycles. The quantitative estimate of drug-likeness (QED) is 0.184. The zero-order valence-electron chi connectivity index (χ0n) is 30.4. The van der Waals surface area contributed by atoms with Gasteiger partial charge in [-0.15, -0.1) is 0 Å². The van der Waals surface area contributed by atoms with Crippen LogP contribution in [-0.4, -0.2) is 27.8 Å². The fourth-order valence-corrected chi connectivity index (χ4v) is 10.3. The molecule has 0 bridgehead atoms. The van der Waals surface area contributed by atoms with Crippen LogP contribution in [0.4, 0.5) is 0 Å². The van der Waals surface area contributed by atoms with E-state index in [4.69, 9.17) is 28.4 Å². The third kappa shape index (κ3) is 4.72. The number of methoxy groups -OCH3 is 3. The van der Waals surface area contributed by atoms with E-state index in [1.54, 1.807) is 21.3 Å². The van der Waals surface area contributed by atoms with Crippen LogP contribution in [0.2, 0.25) is 0 Å². The molecular formula is C45H44O6. The van der Waals surface area contributed by atoms with Gasteiger partial charge in [-0.3, -0.25) is 0 Å². The van der Waals surface area contributed by atoms with E-state index in [9.17, 15) is 0 Å². The van der Waals surface area contributed by atoms with Crippen molar-refractivity contribution in [2.45, 2.75) is 64.4 Å². The zero-order valence-corrected chi connectivity index (χ0v) is 30.4. The van der Waals surface area contributed by atoms with Crippen LogP contribution < -0.4 is 23.7 Å². The monoisotopic (exact) mass is 680 g/mol. The van der Waals surface area contributed by atoms with Crippen LogP contribution in [0, 0.1) is 10.8 Å². The highest BCUT2D eigenvalue weighted by atomic mass is 16.9. The maximum absolute atomic E-state index is 7.63. The molecule has 1 fully saturated rings. The van der Waals surface area contributed by atoms with E-state index in [-0.39, 0.29) is 16.2 Å². The summed E-state index contributed by atoms with van der Waals surface area (Å²) in [5, 5.41) is 2.06. The van der Waals surface area contributed by atoms with Gasteiger partial charge in [-0.2, -0.15) is 0 Å². The van der Waals surface area contributed by atoms with Crippen LogP contribution in [0.1, 0.15) is 74.8 Å². The lowest BCUT2D eigenvalue weighted by Gasteiger charge is -2.52. The van der Waals surface area contributed by atoms with Crippen LogP contribution >= 0.6 is 0 Å². The lowest BCUT2D eigenvalue weighted by atomic mass is 9.52. The minimum atomic E-state index is -0.943. The van der Waals surface area contributed by atoms with Crippen molar-refractivity contribution in [2.24, 2.45) is 10.8 Å². The summed E-state index contributed by atoms with van der Waals surface area (Å²) in [5.74, 6) is 3.71. The molecule has 2 heterocycles. The van der Waals surface area contributed by atoms with E-state index in [1.807, 2.05) is 24.3 Å². The van der Waals surface area contributed by atoms with Crippen molar-refractivity contribution in [2.75, 3.05) is 21.3 Å². The van der Waals surface area contributed by atoms with Gasteiger partial charge in [-0.1, -0.05) is 82.3 Å². The molecule has 1 atom stereocenters. The summed E-state index contributed by atoms with van der Waals surface area (Å²) in [6.45, 7) is 8.96. The van der Waals surface area contributed by atoms with Gasteiger partial charge in [0.1, 0.15) is 17.2 Å². The molecule has 0 amide bonds. The van der Waals surface area contributed by atoms with Crippen LogP contribution in [0.3, 0.4) is 0 Å². The summed E-state index contributed by atoms with van der Waals surface area (Å²) in [7, 11) is 4.97. The van der Waals surface area contributed by atoms with E-state index in [0.717, 1.165) is 64.0 Å². The van der Waals surface area contributed by atoms with E-state index < -0.39 is 12.1 Å². The Morgan fingerprint density at radius 1 is 0.667 bits per heavy atom. The normalized spacial score (nSPS) is 20.7. The summed E-state index contributed by atoms with van der Waals surface area (Å²) in [6.07, 6.45) is 7.82. The lowest BCUT2D eigenvalue weighted by Crippen LogP contribution is -2.44. The molecule has 1 unspecified atom stereocenters. The Hall–Kier alpha value is -4.94. The molecule has 0 saturated heterocycles. The van der Waals surface area contributed by atoms with Gasteiger partial charge in [0.05, 0.1) is 14.2 Å². The first-order valence-electron chi connectivity index (χ1n) is 17.8. The second kappa shape index (κ2) is 11.0. The highest BCUT2D eigenvalue weighted by molar-refractivity contribution is 6.09. The van der Waals surface area contributed by atoms with E-state index in [0.29, 0.717) is 11.5 Å². The Morgan fingerprint density at radius 2 is 1.24 bits per heavy atom. The van der Waals surface area contributed by atoms with Gasteiger partial charge in [0.2, 0.25) is 0 Å². The van der Waals surface area contributed by atoms with Gasteiger partial charge in [-0.25, -0.2) is 0 Å². The Kier molecular flexibility index (Phi) is 6.92. The summed E-state index contributed by atoms with van der Waals surface area (Å²) < 4.78 is 36.6. The maximum atomic E-state index is 7.63. The Morgan fingerprint density at radius 3 is 1.80 bits per heavy atom. The van der Waals surface area contributed by atoms with Crippen molar-refractivity contribution in [1.29, 1.82) is 0 Å². The second-order valence-electron chi connectivity index (χ2n) is 16.2. The Bertz CT molecular complexity index is 2160. The first kappa shape index (κ1) is 32.0. The van der Waals surface area contributed by atoms with Gasteiger partial charge >= 0.3 is 6.48 Å². The summed E-state index contributed by atoms with van der Waals surface area (Å²) in [5.41, 5.74) is 7.48. The van der Waals surface area contributed by atoms with Crippen molar-refractivity contribution in [3.05, 3.63) is 119 Å². The topological polar surface area (TPSA) is 55.4 Å². The Labute approximate surface area is 299 Å². The first-order valence-corrected chi connectivity index (χ1v) is 17.8. The summed E-state index contributed by atoms with van der Waals surface area (Å²) in [4.78, 5) is 0.